The van der Waals surface area contributed by atoms with Crippen molar-refractivity contribution in [1.82, 2.24) is 10.1 Å². The Kier molecular flexibility index (Phi) is 4.04. The lowest BCUT2D eigenvalue weighted by molar-refractivity contribution is -0.383. The Labute approximate surface area is 127 Å². The average molecular weight is 302 g/mol. The highest BCUT2D eigenvalue weighted by Crippen LogP contribution is 2.32. The number of hydrogen-bond donors (Lipinski definition) is 1. The second-order valence-corrected chi connectivity index (χ2v) is 5.48. The molecule has 0 saturated heterocycles. The van der Waals surface area contributed by atoms with E-state index in [1.54, 1.807) is 12.1 Å². The highest BCUT2D eigenvalue weighted by Gasteiger charge is 2.22. The Morgan fingerprint density at radius 1 is 1.41 bits per heavy atom. The van der Waals surface area contributed by atoms with Crippen LogP contribution in [0.3, 0.4) is 0 Å². The SMILES string of the molecule is CCc1noc(-c2ccc(NC3CCCC3)c([N+](=O)[O-])c2)n1. The summed E-state index contributed by atoms with van der Waals surface area (Å²) in [7, 11) is 0. The summed E-state index contributed by atoms with van der Waals surface area (Å²) in [5, 5.41) is 18.4. The average Bonchev–Trinajstić information content (AvgIpc) is 3.18. The van der Waals surface area contributed by atoms with E-state index in [1.165, 1.54) is 18.9 Å². The Morgan fingerprint density at radius 2 is 2.18 bits per heavy atom. The lowest BCUT2D eigenvalue weighted by Gasteiger charge is -2.13. The van der Waals surface area contributed by atoms with Crippen molar-refractivity contribution in [2.24, 2.45) is 0 Å². The molecule has 7 nitrogen and oxygen atoms in total. The van der Waals surface area contributed by atoms with Crippen molar-refractivity contribution >= 4 is 11.4 Å². The molecule has 1 aromatic carbocycles. The van der Waals surface area contributed by atoms with Gasteiger partial charge in [0.15, 0.2) is 5.82 Å². The molecule has 1 fully saturated rings. The summed E-state index contributed by atoms with van der Waals surface area (Å²) < 4.78 is 5.15. The largest absolute Gasteiger partial charge is 0.377 e. The molecule has 0 aliphatic heterocycles. The molecule has 1 aliphatic carbocycles. The zero-order valence-electron chi connectivity index (χ0n) is 12.4. The number of nitrogens with zero attached hydrogens (tertiary/aromatic N) is 3. The van der Waals surface area contributed by atoms with Crippen LogP contribution >= 0.6 is 0 Å². The van der Waals surface area contributed by atoms with Crippen molar-refractivity contribution in [3.63, 3.8) is 0 Å². The van der Waals surface area contributed by atoms with Crippen LogP contribution in [0.15, 0.2) is 22.7 Å². The van der Waals surface area contributed by atoms with Crippen LogP contribution in [0.5, 0.6) is 0 Å². The third-order valence-corrected chi connectivity index (χ3v) is 3.94. The third-order valence-electron chi connectivity index (χ3n) is 3.94. The molecule has 1 aromatic heterocycles. The minimum atomic E-state index is -0.377. The molecule has 7 heteroatoms. The van der Waals surface area contributed by atoms with Gasteiger partial charge in [0.1, 0.15) is 5.69 Å². The Morgan fingerprint density at radius 3 is 2.82 bits per heavy atom. The molecule has 1 aliphatic rings. The van der Waals surface area contributed by atoms with Crippen LogP contribution in [0.2, 0.25) is 0 Å². The van der Waals surface area contributed by atoms with E-state index >= 15 is 0 Å². The lowest BCUT2D eigenvalue weighted by atomic mass is 10.1. The fourth-order valence-electron chi connectivity index (χ4n) is 2.74. The number of aryl methyl sites for hydroxylation is 1. The van der Waals surface area contributed by atoms with Gasteiger partial charge in [-0.3, -0.25) is 10.1 Å². The molecule has 0 amide bonds. The van der Waals surface area contributed by atoms with Crippen LogP contribution in [0.25, 0.3) is 11.5 Å². The van der Waals surface area contributed by atoms with Crippen molar-refractivity contribution in [3.8, 4) is 11.5 Å². The fraction of sp³-hybridized carbons (Fsp3) is 0.467. The third kappa shape index (κ3) is 2.93. The maximum atomic E-state index is 11.3. The molecule has 0 radical (unpaired) electrons. The van der Waals surface area contributed by atoms with Gasteiger partial charge in [-0.25, -0.2) is 0 Å². The topological polar surface area (TPSA) is 94.1 Å². The van der Waals surface area contributed by atoms with E-state index in [-0.39, 0.29) is 10.6 Å². The van der Waals surface area contributed by atoms with E-state index < -0.39 is 0 Å². The molecule has 2 aromatic rings. The first-order chi connectivity index (χ1) is 10.7. The number of benzene rings is 1. The molecular weight excluding hydrogens is 284 g/mol. The minimum absolute atomic E-state index is 0.0423. The number of aromatic nitrogens is 2. The normalized spacial score (nSPS) is 15.1. The van der Waals surface area contributed by atoms with Crippen LogP contribution in [-0.4, -0.2) is 21.1 Å². The van der Waals surface area contributed by atoms with Crippen molar-refractivity contribution in [1.29, 1.82) is 0 Å². The molecule has 1 N–H and O–H groups in total. The molecule has 0 unspecified atom stereocenters. The predicted octanol–water partition coefficient (Wildman–Crippen LogP) is 3.56. The quantitative estimate of drug-likeness (QED) is 0.670. The molecule has 22 heavy (non-hydrogen) atoms. The molecule has 3 rings (SSSR count). The van der Waals surface area contributed by atoms with E-state index in [0.29, 0.717) is 35.4 Å². The van der Waals surface area contributed by atoms with Gasteiger partial charge in [0, 0.05) is 24.1 Å². The zero-order valence-corrected chi connectivity index (χ0v) is 12.4. The Hall–Kier alpha value is -2.44. The van der Waals surface area contributed by atoms with Gasteiger partial charge in [0.05, 0.1) is 4.92 Å². The van der Waals surface area contributed by atoms with Gasteiger partial charge in [-0.15, -0.1) is 0 Å². The minimum Gasteiger partial charge on any atom is -0.377 e. The highest BCUT2D eigenvalue weighted by atomic mass is 16.6. The summed E-state index contributed by atoms with van der Waals surface area (Å²) in [4.78, 5) is 15.2. The molecule has 0 atom stereocenters. The van der Waals surface area contributed by atoms with E-state index in [0.717, 1.165) is 12.8 Å². The summed E-state index contributed by atoms with van der Waals surface area (Å²) in [5.41, 5.74) is 1.16. The fourth-order valence-corrected chi connectivity index (χ4v) is 2.74. The number of nitrogens with one attached hydrogen (secondary N) is 1. The van der Waals surface area contributed by atoms with Crippen molar-refractivity contribution < 1.29 is 9.45 Å². The summed E-state index contributed by atoms with van der Waals surface area (Å²) >= 11 is 0. The highest BCUT2D eigenvalue weighted by molar-refractivity contribution is 5.70. The van der Waals surface area contributed by atoms with E-state index in [1.807, 2.05) is 6.92 Å². The number of nitro benzene ring substituents is 1. The second-order valence-electron chi connectivity index (χ2n) is 5.48. The first-order valence-corrected chi connectivity index (χ1v) is 7.55. The maximum absolute atomic E-state index is 11.3. The predicted molar refractivity (Wildman–Crippen MR) is 81.6 cm³/mol. The van der Waals surface area contributed by atoms with Gasteiger partial charge >= 0.3 is 0 Å². The summed E-state index contributed by atoms with van der Waals surface area (Å²) in [6, 6.07) is 5.31. The lowest BCUT2D eigenvalue weighted by Crippen LogP contribution is -2.15. The molecule has 1 heterocycles. The number of hydrogen-bond acceptors (Lipinski definition) is 6. The second kappa shape index (κ2) is 6.13. The first-order valence-electron chi connectivity index (χ1n) is 7.55. The number of nitro groups is 1. The van der Waals surface area contributed by atoms with Gasteiger partial charge in [-0.2, -0.15) is 4.98 Å². The van der Waals surface area contributed by atoms with E-state index in [2.05, 4.69) is 15.5 Å². The van der Waals surface area contributed by atoms with Crippen LogP contribution < -0.4 is 5.32 Å². The summed E-state index contributed by atoms with van der Waals surface area (Å²) in [6.45, 7) is 1.92. The zero-order chi connectivity index (χ0) is 15.5. The van der Waals surface area contributed by atoms with Crippen LogP contribution in [0.4, 0.5) is 11.4 Å². The Balaban J connectivity index is 1.90. The van der Waals surface area contributed by atoms with Gasteiger partial charge in [0.25, 0.3) is 11.6 Å². The Bertz CT molecular complexity index is 677. The van der Waals surface area contributed by atoms with Crippen LogP contribution in [0.1, 0.15) is 38.4 Å². The van der Waals surface area contributed by atoms with Crippen molar-refractivity contribution in [2.45, 2.75) is 45.1 Å². The monoisotopic (exact) mass is 302 g/mol. The number of anilines is 1. The first kappa shape index (κ1) is 14.5. The van der Waals surface area contributed by atoms with E-state index in [4.69, 9.17) is 4.52 Å². The summed E-state index contributed by atoms with van der Waals surface area (Å²) in [5.74, 6) is 0.901. The van der Waals surface area contributed by atoms with Crippen LogP contribution in [-0.2, 0) is 6.42 Å². The molecular formula is C15H18N4O3. The van der Waals surface area contributed by atoms with Gasteiger partial charge in [-0.1, -0.05) is 24.9 Å². The van der Waals surface area contributed by atoms with Crippen molar-refractivity contribution in [3.05, 3.63) is 34.1 Å². The van der Waals surface area contributed by atoms with Gasteiger partial charge in [-0.05, 0) is 25.0 Å². The smallest absolute Gasteiger partial charge is 0.293 e. The van der Waals surface area contributed by atoms with Crippen LogP contribution in [0, 0.1) is 10.1 Å². The molecule has 0 bridgehead atoms. The van der Waals surface area contributed by atoms with E-state index in [9.17, 15) is 10.1 Å². The number of rotatable bonds is 5. The maximum Gasteiger partial charge on any atom is 0.293 e. The van der Waals surface area contributed by atoms with Crippen molar-refractivity contribution in [2.75, 3.05) is 5.32 Å². The molecule has 0 spiro atoms. The standard InChI is InChI=1S/C15H18N4O3/c1-2-14-17-15(22-18-14)10-7-8-12(13(9-10)19(20)21)16-11-5-3-4-6-11/h7-9,11,16H,2-6H2,1H3. The molecule has 116 valence electrons. The molecule has 1 saturated carbocycles. The van der Waals surface area contributed by atoms with Gasteiger partial charge < -0.3 is 9.84 Å². The van der Waals surface area contributed by atoms with Gasteiger partial charge in [0.2, 0.25) is 0 Å². The summed E-state index contributed by atoms with van der Waals surface area (Å²) in [6.07, 6.45) is 5.12.